The van der Waals surface area contributed by atoms with Gasteiger partial charge in [-0.1, -0.05) is 39.3 Å². The van der Waals surface area contributed by atoms with Crippen LogP contribution >= 0.6 is 0 Å². The lowest BCUT2D eigenvalue weighted by molar-refractivity contribution is -0.323. The molecule has 3 saturated carbocycles. The largest absolute Gasteiger partial charge is 0.460 e. The van der Waals surface area contributed by atoms with E-state index < -0.39 is 95.0 Å². The highest BCUT2D eigenvalue weighted by atomic mass is 16.7. The molecule has 1 heterocycles. The van der Waals surface area contributed by atoms with Gasteiger partial charge < -0.3 is 50.0 Å². The summed E-state index contributed by atoms with van der Waals surface area (Å²) in [5, 5.41) is 76.2. The Balaban J connectivity index is 1.38. The van der Waals surface area contributed by atoms with E-state index in [-0.39, 0.29) is 36.4 Å². The van der Waals surface area contributed by atoms with Gasteiger partial charge in [-0.25, -0.2) is 0 Å². The second kappa shape index (κ2) is 13.2. The Hall–Kier alpha value is -1.48. The molecule has 280 valence electrons. The molecule has 0 aromatic heterocycles. The lowest BCUT2D eigenvalue weighted by Gasteiger charge is -2.62. The number of ether oxygens (including phenoxy) is 3. The zero-order chi connectivity index (χ0) is 36.6. The van der Waals surface area contributed by atoms with Crippen molar-refractivity contribution in [2.75, 3.05) is 6.61 Å². The number of hydrogen-bond acceptors (Lipinski definition) is 12. The first-order valence-corrected chi connectivity index (χ1v) is 18.0. The molecule has 4 fully saturated rings. The van der Waals surface area contributed by atoms with Crippen LogP contribution in [0, 0.1) is 39.9 Å². The van der Waals surface area contributed by atoms with E-state index in [4.69, 9.17) is 14.2 Å². The molecule has 49 heavy (non-hydrogen) atoms. The molecule has 4 aliphatic carbocycles. The van der Waals surface area contributed by atoms with Gasteiger partial charge in [0.2, 0.25) is 0 Å². The van der Waals surface area contributed by atoms with Gasteiger partial charge in [0.25, 0.3) is 0 Å². The number of hydrogen-bond donors (Lipinski definition) is 7. The Labute approximate surface area is 289 Å². The molecule has 0 unspecified atom stereocenters. The summed E-state index contributed by atoms with van der Waals surface area (Å²) in [4.78, 5) is 25.3. The zero-order valence-corrected chi connectivity index (χ0v) is 30.3. The summed E-state index contributed by atoms with van der Waals surface area (Å²) in [5.41, 5.74) is -3.24. The van der Waals surface area contributed by atoms with Crippen LogP contribution in [0.5, 0.6) is 0 Å². The fourth-order valence-electron chi connectivity index (χ4n) is 11.1. The molecular weight excluding hydrogens is 636 g/mol. The maximum absolute atomic E-state index is 13.7. The Kier molecular flexibility index (Phi) is 10.4. The number of carbonyl (C=O) groups excluding carboxylic acids is 2. The maximum Gasteiger partial charge on any atom is 0.303 e. The minimum Gasteiger partial charge on any atom is -0.460 e. The molecule has 12 heteroatoms. The smallest absolute Gasteiger partial charge is 0.303 e. The summed E-state index contributed by atoms with van der Waals surface area (Å²) >= 11 is 0. The molecule has 0 spiro atoms. The van der Waals surface area contributed by atoms with Crippen molar-refractivity contribution < 1.29 is 59.5 Å². The van der Waals surface area contributed by atoms with Crippen molar-refractivity contribution in [3.05, 3.63) is 11.6 Å². The van der Waals surface area contributed by atoms with Gasteiger partial charge in [-0.15, -0.1) is 0 Å². The fourth-order valence-corrected chi connectivity index (χ4v) is 11.1. The Morgan fingerprint density at radius 2 is 1.65 bits per heavy atom. The number of esters is 1. The molecule has 1 saturated heterocycles. The van der Waals surface area contributed by atoms with Crippen molar-refractivity contribution in [3.63, 3.8) is 0 Å². The van der Waals surface area contributed by atoms with Crippen LogP contribution in [0.1, 0.15) is 100 Å². The van der Waals surface area contributed by atoms with Gasteiger partial charge in [0.05, 0.1) is 24.9 Å². The Morgan fingerprint density at radius 1 is 1.00 bits per heavy atom. The molecule has 0 amide bonds. The SMILES string of the molecule is CC(=O)OC(C)(C)CCC(=O)[C@](C)(O)[C@H]1[C@H](O)C[C@@]2(C)[C@@H]3CC=C4[C@@H](C[C@H](O[C@@H]5O[C@H](CO)[C@@H](O)[C@H](O)[C@H]5O)[C@H](O)C4(C)C)[C@H]3CC[C@]12C. The molecule has 1 aliphatic heterocycles. The first-order valence-electron chi connectivity index (χ1n) is 18.0. The third-order valence-electron chi connectivity index (χ3n) is 13.9. The number of carbonyl (C=O) groups is 2. The van der Waals surface area contributed by atoms with Crippen LogP contribution < -0.4 is 0 Å². The van der Waals surface area contributed by atoms with Crippen molar-refractivity contribution >= 4 is 11.8 Å². The van der Waals surface area contributed by atoms with Crippen molar-refractivity contribution in [2.45, 2.75) is 161 Å². The van der Waals surface area contributed by atoms with Crippen LogP contribution in [-0.2, 0) is 23.8 Å². The van der Waals surface area contributed by atoms with Crippen molar-refractivity contribution in [1.29, 1.82) is 0 Å². The topological polar surface area (TPSA) is 203 Å². The highest BCUT2D eigenvalue weighted by molar-refractivity contribution is 5.87. The van der Waals surface area contributed by atoms with Gasteiger partial charge >= 0.3 is 5.97 Å². The normalized spacial score (nSPS) is 46.1. The highest BCUT2D eigenvalue weighted by Crippen LogP contribution is 2.72. The number of fused-ring (bicyclic) bond motifs is 5. The van der Waals surface area contributed by atoms with Gasteiger partial charge in [0.1, 0.15) is 35.6 Å². The second-order valence-corrected chi connectivity index (χ2v) is 17.6. The predicted molar refractivity (Wildman–Crippen MR) is 176 cm³/mol. The van der Waals surface area contributed by atoms with E-state index >= 15 is 0 Å². The zero-order valence-electron chi connectivity index (χ0n) is 30.3. The number of allylic oxidation sites excluding steroid dienone is 1. The molecule has 0 radical (unpaired) electrons. The summed E-state index contributed by atoms with van der Waals surface area (Å²) in [7, 11) is 0. The molecule has 0 bridgehead atoms. The van der Waals surface area contributed by atoms with Crippen LogP contribution in [0.4, 0.5) is 0 Å². The monoisotopic (exact) mass is 696 g/mol. The average Bonchev–Trinajstić information content (AvgIpc) is 3.22. The minimum atomic E-state index is -1.80. The average molecular weight is 697 g/mol. The van der Waals surface area contributed by atoms with Crippen LogP contribution in [0.2, 0.25) is 0 Å². The molecule has 5 aliphatic rings. The molecule has 0 aromatic rings. The summed E-state index contributed by atoms with van der Waals surface area (Å²) in [5.74, 6) is -1.27. The Bertz CT molecular complexity index is 1290. The fraction of sp³-hybridized carbons (Fsp3) is 0.892. The van der Waals surface area contributed by atoms with E-state index in [1.54, 1.807) is 13.8 Å². The van der Waals surface area contributed by atoms with Crippen molar-refractivity contribution in [2.24, 2.45) is 39.9 Å². The quantitative estimate of drug-likeness (QED) is 0.136. The molecule has 12 nitrogen and oxygen atoms in total. The minimum absolute atomic E-state index is 0.00321. The van der Waals surface area contributed by atoms with Crippen molar-refractivity contribution in [1.82, 2.24) is 0 Å². The van der Waals surface area contributed by atoms with Crippen LogP contribution in [-0.4, -0.2) is 114 Å². The Morgan fingerprint density at radius 3 is 2.27 bits per heavy atom. The molecular formula is C37H60O12. The number of ketones is 1. The third kappa shape index (κ3) is 6.35. The molecule has 5 rings (SSSR count). The highest BCUT2D eigenvalue weighted by Gasteiger charge is 2.70. The first-order chi connectivity index (χ1) is 22.5. The molecule has 15 atom stereocenters. The predicted octanol–water partition coefficient (Wildman–Crippen LogP) is 1.77. The molecule has 7 N–H and O–H groups in total. The van der Waals surface area contributed by atoms with E-state index in [0.29, 0.717) is 19.3 Å². The summed E-state index contributed by atoms with van der Waals surface area (Å²) in [6, 6.07) is 0. The van der Waals surface area contributed by atoms with Gasteiger partial charge in [0, 0.05) is 24.7 Å². The van der Waals surface area contributed by atoms with Gasteiger partial charge in [-0.2, -0.15) is 0 Å². The van der Waals surface area contributed by atoms with Crippen LogP contribution in [0.3, 0.4) is 0 Å². The third-order valence-corrected chi connectivity index (χ3v) is 13.9. The van der Waals surface area contributed by atoms with E-state index in [9.17, 15) is 45.3 Å². The number of aliphatic hydroxyl groups is 7. The maximum atomic E-state index is 13.7. The second-order valence-electron chi connectivity index (χ2n) is 17.6. The first kappa shape index (κ1) is 38.7. The van der Waals surface area contributed by atoms with Gasteiger partial charge in [-0.3, -0.25) is 9.59 Å². The summed E-state index contributed by atoms with van der Waals surface area (Å²) in [6.07, 6.45) is -4.40. The van der Waals surface area contributed by atoms with Gasteiger partial charge in [0.15, 0.2) is 12.1 Å². The van der Waals surface area contributed by atoms with Crippen LogP contribution in [0.25, 0.3) is 0 Å². The van der Waals surface area contributed by atoms with E-state index in [0.717, 1.165) is 18.4 Å². The summed E-state index contributed by atoms with van der Waals surface area (Å²) < 4.78 is 17.2. The number of rotatable bonds is 9. The number of aliphatic hydroxyl groups excluding tert-OH is 6. The molecule has 0 aromatic carbocycles. The lowest BCUT2D eigenvalue weighted by atomic mass is 9.43. The van der Waals surface area contributed by atoms with Crippen molar-refractivity contribution in [3.8, 4) is 0 Å². The standard InChI is InChI=1S/C37H60O12/c1-18(39)49-33(2,3)13-12-26(41)37(8,46)30-23(40)16-36(7)22-10-9-21-20(19(22)11-14-35(30,36)6)15-24(31(45)34(21,4)5)47-32-29(44)28(43)27(42)25(17-38)48-32/h9,19-20,22-25,27-32,38,40,42-46H,10-17H2,1-8H3/t19-,20+,22-,23-,24+,25-,27-,28+,29-,30+,31+,32-,35-,36+,37+/m1/s1. The van der Waals surface area contributed by atoms with Crippen LogP contribution in [0.15, 0.2) is 11.6 Å². The van der Waals surface area contributed by atoms with E-state index in [1.165, 1.54) is 13.8 Å². The lowest BCUT2D eigenvalue weighted by Crippen LogP contribution is -2.62. The van der Waals surface area contributed by atoms with Gasteiger partial charge in [-0.05, 0) is 87.9 Å². The summed E-state index contributed by atoms with van der Waals surface area (Å²) in [6.45, 7) is 13.9. The number of Topliss-reactive ketones (excluding diaryl/α,β-unsaturated/α-hetero) is 1. The van der Waals surface area contributed by atoms with E-state index in [2.05, 4.69) is 19.9 Å². The van der Waals surface area contributed by atoms with E-state index in [1.807, 2.05) is 13.8 Å².